The molecule has 1 aliphatic rings. The summed E-state index contributed by atoms with van der Waals surface area (Å²) in [5.74, 6) is 0.207. The van der Waals surface area contributed by atoms with Crippen molar-refractivity contribution in [1.29, 1.82) is 0 Å². The van der Waals surface area contributed by atoms with Gasteiger partial charge < -0.3 is 14.5 Å². The number of aryl methyl sites for hydroxylation is 1. The van der Waals surface area contributed by atoms with Gasteiger partial charge in [-0.2, -0.15) is 0 Å². The molecule has 0 aliphatic heterocycles. The molecule has 0 radical (unpaired) electrons. The van der Waals surface area contributed by atoms with Crippen LogP contribution in [0.3, 0.4) is 0 Å². The van der Waals surface area contributed by atoms with Gasteiger partial charge in [0.25, 0.3) is 0 Å². The van der Waals surface area contributed by atoms with Gasteiger partial charge >= 0.3 is 0 Å². The quantitative estimate of drug-likeness (QED) is 0.421. The molecule has 0 unspecified atom stereocenters. The van der Waals surface area contributed by atoms with Gasteiger partial charge in [0.1, 0.15) is 0 Å². The molecule has 3 rings (SSSR count). The zero-order chi connectivity index (χ0) is 22.8. The largest absolute Gasteiger partial charge is 0.382 e. The fourth-order valence-electron chi connectivity index (χ4n) is 4.26. The fourth-order valence-corrected chi connectivity index (χ4v) is 5.16. The molecule has 5 nitrogen and oxygen atoms in total. The maximum Gasteiger partial charge on any atom is 0.242 e. The van der Waals surface area contributed by atoms with E-state index in [1.54, 1.807) is 16.2 Å². The Labute approximate surface area is 196 Å². The molecule has 1 aliphatic carbocycles. The first kappa shape index (κ1) is 24.5. The fraction of sp³-hybridized carbons (Fsp3) is 0.538. The van der Waals surface area contributed by atoms with Crippen LogP contribution in [0.4, 0.5) is 0 Å². The molecular weight excluding hydrogens is 420 g/mol. The van der Waals surface area contributed by atoms with Crippen LogP contribution in [-0.2, 0) is 27.4 Å². The summed E-state index contributed by atoms with van der Waals surface area (Å²) in [6, 6.07) is 14.3. The van der Waals surface area contributed by atoms with Gasteiger partial charge in [-0.3, -0.25) is 9.59 Å². The van der Waals surface area contributed by atoms with Crippen LogP contribution in [0.25, 0.3) is 0 Å². The standard InChI is InChI=1S/C26H36N2O3S/c1-3-31-17-9-16-27(26(30)23-12-7-8-13-23)20-25(29)28(18-22-10-5-4-6-11-22)19-24-15-14-21(2)32-24/h4-6,10-11,14-15,23H,3,7-9,12-13,16-20H2,1-2H3. The van der Waals surface area contributed by atoms with Crippen molar-refractivity contribution in [1.82, 2.24) is 9.80 Å². The monoisotopic (exact) mass is 456 g/mol. The second kappa shape index (κ2) is 12.8. The number of nitrogens with zero attached hydrogens (tertiary/aromatic N) is 2. The Balaban J connectivity index is 1.71. The van der Waals surface area contributed by atoms with Crippen molar-refractivity contribution in [2.24, 2.45) is 5.92 Å². The second-order valence-corrected chi connectivity index (χ2v) is 9.91. The van der Waals surface area contributed by atoms with Crippen molar-refractivity contribution < 1.29 is 14.3 Å². The van der Waals surface area contributed by atoms with Crippen LogP contribution in [0.2, 0.25) is 0 Å². The highest BCUT2D eigenvalue weighted by atomic mass is 32.1. The maximum atomic E-state index is 13.5. The van der Waals surface area contributed by atoms with Crippen LogP contribution in [0, 0.1) is 12.8 Å². The van der Waals surface area contributed by atoms with Crippen LogP contribution in [0.1, 0.15) is 54.3 Å². The minimum absolute atomic E-state index is 0.00247. The topological polar surface area (TPSA) is 49.9 Å². The molecule has 1 saturated carbocycles. The molecule has 0 N–H and O–H groups in total. The van der Waals surface area contributed by atoms with Gasteiger partial charge in [0.15, 0.2) is 0 Å². The van der Waals surface area contributed by atoms with Gasteiger partial charge in [-0.25, -0.2) is 0 Å². The van der Waals surface area contributed by atoms with E-state index in [1.807, 2.05) is 42.2 Å². The Bertz CT molecular complexity index is 846. The number of hydrogen-bond donors (Lipinski definition) is 0. The van der Waals surface area contributed by atoms with Crippen LogP contribution in [0.5, 0.6) is 0 Å². The summed E-state index contributed by atoms with van der Waals surface area (Å²) in [6.07, 6.45) is 4.85. The van der Waals surface area contributed by atoms with E-state index in [2.05, 4.69) is 19.1 Å². The van der Waals surface area contributed by atoms with Crippen molar-refractivity contribution in [2.45, 2.75) is 59.0 Å². The van der Waals surface area contributed by atoms with Crippen molar-refractivity contribution in [3.63, 3.8) is 0 Å². The van der Waals surface area contributed by atoms with Gasteiger partial charge in [-0.15, -0.1) is 11.3 Å². The molecule has 32 heavy (non-hydrogen) atoms. The lowest BCUT2D eigenvalue weighted by Crippen LogP contribution is -2.44. The Hall–Kier alpha value is -2.18. The zero-order valence-corrected chi connectivity index (χ0v) is 20.2. The Morgan fingerprint density at radius 3 is 2.44 bits per heavy atom. The highest BCUT2D eigenvalue weighted by Crippen LogP contribution is 2.27. The van der Waals surface area contributed by atoms with Gasteiger partial charge in [0, 0.05) is 42.0 Å². The summed E-state index contributed by atoms with van der Waals surface area (Å²) in [5, 5.41) is 0. The van der Waals surface area contributed by atoms with E-state index < -0.39 is 0 Å². The molecule has 1 heterocycles. The van der Waals surface area contributed by atoms with E-state index in [0.29, 0.717) is 32.8 Å². The number of rotatable bonds is 12. The van der Waals surface area contributed by atoms with E-state index >= 15 is 0 Å². The molecule has 174 valence electrons. The van der Waals surface area contributed by atoms with Crippen molar-refractivity contribution in [2.75, 3.05) is 26.3 Å². The minimum Gasteiger partial charge on any atom is -0.382 e. The third-order valence-corrected chi connectivity index (χ3v) is 6.96. The molecule has 0 bridgehead atoms. The molecule has 1 fully saturated rings. The Morgan fingerprint density at radius 1 is 1.03 bits per heavy atom. The SMILES string of the molecule is CCOCCCN(CC(=O)N(Cc1ccccc1)Cc1ccc(C)s1)C(=O)C1CCCC1. The van der Waals surface area contributed by atoms with Crippen LogP contribution in [-0.4, -0.2) is 47.9 Å². The number of benzene rings is 1. The Kier molecular flexibility index (Phi) is 9.75. The van der Waals surface area contributed by atoms with Crippen LogP contribution < -0.4 is 0 Å². The number of carbonyl (C=O) groups is 2. The van der Waals surface area contributed by atoms with E-state index in [1.165, 1.54) is 4.88 Å². The molecule has 1 aromatic carbocycles. The molecule has 2 aromatic rings. The third kappa shape index (κ3) is 7.45. The molecule has 0 spiro atoms. The summed E-state index contributed by atoms with van der Waals surface area (Å²) in [7, 11) is 0. The summed E-state index contributed by atoms with van der Waals surface area (Å²) in [6.45, 7) is 7.15. The lowest BCUT2D eigenvalue weighted by Gasteiger charge is -2.29. The predicted molar refractivity (Wildman–Crippen MR) is 129 cm³/mol. The molecule has 2 amide bonds. The van der Waals surface area contributed by atoms with Gasteiger partial charge in [0.2, 0.25) is 11.8 Å². The highest BCUT2D eigenvalue weighted by Gasteiger charge is 2.29. The first-order valence-corrected chi connectivity index (χ1v) is 12.6. The van der Waals surface area contributed by atoms with Gasteiger partial charge in [0.05, 0.1) is 13.1 Å². The summed E-state index contributed by atoms with van der Waals surface area (Å²) < 4.78 is 5.47. The Morgan fingerprint density at radius 2 is 1.78 bits per heavy atom. The van der Waals surface area contributed by atoms with E-state index in [4.69, 9.17) is 4.74 Å². The van der Waals surface area contributed by atoms with Crippen molar-refractivity contribution in [3.8, 4) is 0 Å². The molecule has 0 saturated heterocycles. The van der Waals surface area contributed by atoms with E-state index in [-0.39, 0.29) is 24.3 Å². The van der Waals surface area contributed by atoms with Crippen LogP contribution in [0.15, 0.2) is 42.5 Å². The summed E-state index contributed by atoms with van der Waals surface area (Å²) in [4.78, 5) is 32.8. The first-order valence-electron chi connectivity index (χ1n) is 11.8. The third-order valence-electron chi connectivity index (χ3n) is 5.97. The normalized spacial score (nSPS) is 13.9. The molecule has 6 heteroatoms. The maximum absolute atomic E-state index is 13.5. The lowest BCUT2D eigenvalue weighted by molar-refractivity contribution is -0.143. The van der Waals surface area contributed by atoms with E-state index in [0.717, 1.165) is 42.5 Å². The zero-order valence-electron chi connectivity index (χ0n) is 19.4. The first-order chi connectivity index (χ1) is 15.6. The average Bonchev–Trinajstić information content (AvgIpc) is 3.47. The average molecular weight is 457 g/mol. The molecule has 1 aromatic heterocycles. The predicted octanol–water partition coefficient (Wildman–Crippen LogP) is 5.03. The van der Waals surface area contributed by atoms with E-state index in [9.17, 15) is 9.59 Å². The number of ether oxygens (including phenoxy) is 1. The number of carbonyl (C=O) groups excluding carboxylic acids is 2. The molecular formula is C26H36N2O3S. The van der Waals surface area contributed by atoms with Gasteiger partial charge in [-0.05, 0) is 50.8 Å². The second-order valence-electron chi connectivity index (χ2n) is 8.54. The smallest absolute Gasteiger partial charge is 0.242 e. The van der Waals surface area contributed by atoms with Gasteiger partial charge in [-0.1, -0.05) is 43.2 Å². The minimum atomic E-state index is 0.00247. The van der Waals surface area contributed by atoms with Crippen molar-refractivity contribution in [3.05, 3.63) is 57.8 Å². The van der Waals surface area contributed by atoms with Crippen LogP contribution >= 0.6 is 11.3 Å². The number of thiophene rings is 1. The summed E-state index contributed by atoms with van der Waals surface area (Å²) >= 11 is 1.72. The van der Waals surface area contributed by atoms with Crippen molar-refractivity contribution >= 4 is 23.2 Å². The summed E-state index contributed by atoms with van der Waals surface area (Å²) in [5.41, 5.74) is 1.10. The number of hydrogen-bond acceptors (Lipinski definition) is 4. The lowest BCUT2D eigenvalue weighted by atomic mass is 10.1. The number of amides is 2. The highest BCUT2D eigenvalue weighted by molar-refractivity contribution is 7.11. The molecule has 0 atom stereocenters.